The van der Waals surface area contributed by atoms with Crippen molar-refractivity contribution in [3.63, 3.8) is 0 Å². The molecular formula is C13H9FN2O2S. The fraction of sp³-hybridized carbons (Fsp3) is 0.0769. The smallest absolute Gasteiger partial charge is 0.264 e. The van der Waals surface area contributed by atoms with E-state index in [1.165, 1.54) is 6.07 Å². The molecule has 19 heavy (non-hydrogen) atoms. The predicted octanol–water partition coefficient (Wildman–Crippen LogP) is 3.52. The number of halogens is 1. The Kier molecular flexibility index (Phi) is 3.24. The van der Waals surface area contributed by atoms with Crippen molar-refractivity contribution in [2.24, 2.45) is 0 Å². The second-order valence-electron chi connectivity index (χ2n) is 3.74. The number of ether oxygens (including phenoxy) is 1. The summed E-state index contributed by atoms with van der Waals surface area (Å²) in [5, 5.41) is 7.69. The van der Waals surface area contributed by atoms with Gasteiger partial charge in [0.15, 0.2) is 18.2 Å². The monoisotopic (exact) mass is 276 g/mol. The molecule has 0 aliphatic heterocycles. The van der Waals surface area contributed by atoms with Crippen molar-refractivity contribution in [2.45, 2.75) is 6.61 Å². The van der Waals surface area contributed by atoms with E-state index in [-0.39, 0.29) is 12.4 Å². The van der Waals surface area contributed by atoms with Crippen LogP contribution in [-0.4, -0.2) is 10.1 Å². The minimum Gasteiger partial charge on any atom is -0.481 e. The van der Waals surface area contributed by atoms with Gasteiger partial charge in [0.25, 0.3) is 5.89 Å². The average molecular weight is 276 g/mol. The standard InChI is InChI=1S/C13H9FN2O2S/c14-10-3-1-2-4-11(10)17-7-12-15-13(16-18-12)9-5-6-19-8-9/h1-6,8H,7H2. The molecule has 0 aliphatic carbocycles. The van der Waals surface area contributed by atoms with Gasteiger partial charge in [-0.2, -0.15) is 16.3 Å². The van der Waals surface area contributed by atoms with Crippen LogP contribution < -0.4 is 4.74 Å². The maximum atomic E-state index is 13.3. The molecule has 2 heterocycles. The summed E-state index contributed by atoms with van der Waals surface area (Å²) in [6.07, 6.45) is 0. The van der Waals surface area contributed by atoms with Crippen LogP contribution in [0.25, 0.3) is 11.4 Å². The molecule has 0 saturated carbocycles. The molecule has 3 rings (SSSR count). The van der Waals surface area contributed by atoms with Crippen LogP contribution in [0.5, 0.6) is 5.75 Å². The van der Waals surface area contributed by atoms with E-state index in [1.54, 1.807) is 29.5 Å². The lowest BCUT2D eigenvalue weighted by atomic mass is 10.3. The van der Waals surface area contributed by atoms with Gasteiger partial charge < -0.3 is 9.26 Å². The number of benzene rings is 1. The maximum Gasteiger partial charge on any atom is 0.264 e. The van der Waals surface area contributed by atoms with Gasteiger partial charge in [0.1, 0.15) is 0 Å². The molecule has 1 aromatic carbocycles. The second-order valence-corrected chi connectivity index (χ2v) is 4.52. The van der Waals surface area contributed by atoms with Crippen molar-refractivity contribution in [3.8, 4) is 17.1 Å². The quantitative estimate of drug-likeness (QED) is 0.731. The Labute approximate surface area is 112 Å². The van der Waals surface area contributed by atoms with Gasteiger partial charge >= 0.3 is 0 Å². The SMILES string of the molecule is Fc1ccccc1OCc1nc(-c2ccsc2)no1. The number of hydrogen-bond acceptors (Lipinski definition) is 5. The molecule has 0 fully saturated rings. The highest BCUT2D eigenvalue weighted by Crippen LogP contribution is 2.20. The van der Waals surface area contributed by atoms with Crippen LogP contribution in [0.3, 0.4) is 0 Å². The van der Waals surface area contributed by atoms with E-state index in [0.29, 0.717) is 11.7 Å². The highest BCUT2D eigenvalue weighted by Gasteiger charge is 2.10. The summed E-state index contributed by atoms with van der Waals surface area (Å²) in [6, 6.07) is 8.08. The van der Waals surface area contributed by atoms with Crippen LogP contribution in [-0.2, 0) is 6.61 Å². The number of rotatable bonds is 4. The van der Waals surface area contributed by atoms with Crippen LogP contribution in [0.1, 0.15) is 5.89 Å². The van der Waals surface area contributed by atoms with Crippen molar-refractivity contribution in [3.05, 3.63) is 52.8 Å². The van der Waals surface area contributed by atoms with Crippen LogP contribution >= 0.6 is 11.3 Å². The Bertz CT molecular complexity index is 667. The molecule has 0 N–H and O–H groups in total. The van der Waals surface area contributed by atoms with E-state index in [9.17, 15) is 4.39 Å². The Morgan fingerprint density at radius 2 is 2.16 bits per heavy atom. The third-order valence-electron chi connectivity index (χ3n) is 2.44. The highest BCUT2D eigenvalue weighted by molar-refractivity contribution is 7.08. The summed E-state index contributed by atoms with van der Waals surface area (Å²) in [5.41, 5.74) is 0.894. The second kappa shape index (κ2) is 5.19. The number of para-hydroxylation sites is 1. The molecule has 0 saturated heterocycles. The third kappa shape index (κ3) is 2.63. The zero-order valence-electron chi connectivity index (χ0n) is 9.75. The fourth-order valence-corrected chi connectivity index (χ4v) is 2.16. The molecule has 2 aromatic heterocycles. The Morgan fingerprint density at radius 3 is 2.95 bits per heavy atom. The van der Waals surface area contributed by atoms with Gasteiger partial charge in [-0.1, -0.05) is 17.3 Å². The van der Waals surface area contributed by atoms with Gasteiger partial charge in [0, 0.05) is 10.9 Å². The molecule has 6 heteroatoms. The van der Waals surface area contributed by atoms with Crippen LogP contribution in [0.4, 0.5) is 4.39 Å². The molecule has 0 aliphatic rings. The minimum atomic E-state index is -0.417. The number of nitrogens with zero attached hydrogens (tertiary/aromatic N) is 2. The zero-order chi connectivity index (χ0) is 13.1. The van der Waals surface area contributed by atoms with Crippen molar-refractivity contribution < 1.29 is 13.7 Å². The van der Waals surface area contributed by atoms with Gasteiger partial charge in [-0.15, -0.1) is 0 Å². The third-order valence-corrected chi connectivity index (χ3v) is 3.12. The Hall–Kier alpha value is -2.21. The molecule has 3 aromatic rings. The van der Waals surface area contributed by atoms with Crippen molar-refractivity contribution in [1.82, 2.24) is 10.1 Å². The fourth-order valence-electron chi connectivity index (χ4n) is 1.52. The lowest BCUT2D eigenvalue weighted by molar-refractivity contribution is 0.234. The normalized spacial score (nSPS) is 10.6. The van der Waals surface area contributed by atoms with Gasteiger partial charge in [-0.25, -0.2) is 4.39 Å². The Balaban J connectivity index is 1.70. The van der Waals surface area contributed by atoms with Crippen molar-refractivity contribution in [1.29, 1.82) is 0 Å². The van der Waals surface area contributed by atoms with E-state index in [0.717, 1.165) is 5.56 Å². The van der Waals surface area contributed by atoms with Gasteiger partial charge in [-0.3, -0.25) is 0 Å². The molecule has 0 amide bonds. The van der Waals surface area contributed by atoms with Crippen LogP contribution in [0, 0.1) is 5.82 Å². The first-order valence-electron chi connectivity index (χ1n) is 5.55. The first-order valence-corrected chi connectivity index (χ1v) is 6.50. The number of hydrogen-bond donors (Lipinski definition) is 0. The molecule has 0 spiro atoms. The highest BCUT2D eigenvalue weighted by atomic mass is 32.1. The van der Waals surface area contributed by atoms with Gasteiger partial charge in [0.2, 0.25) is 5.82 Å². The predicted molar refractivity (Wildman–Crippen MR) is 68.3 cm³/mol. The minimum absolute atomic E-state index is 0.0398. The average Bonchev–Trinajstić information content (AvgIpc) is 3.09. The maximum absolute atomic E-state index is 13.3. The summed E-state index contributed by atoms with van der Waals surface area (Å²) in [7, 11) is 0. The zero-order valence-corrected chi connectivity index (χ0v) is 10.6. The summed E-state index contributed by atoms with van der Waals surface area (Å²) >= 11 is 1.55. The van der Waals surface area contributed by atoms with Gasteiger partial charge in [0.05, 0.1) is 0 Å². The lowest BCUT2D eigenvalue weighted by Crippen LogP contribution is -1.97. The summed E-state index contributed by atoms with van der Waals surface area (Å²) in [6.45, 7) is 0.0398. The molecule has 96 valence electrons. The van der Waals surface area contributed by atoms with Gasteiger partial charge in [-0.05, 0) is 23.6 Å². The van der Waals surface area contributed by atoms with Crippen molar-refractivity contribution in [2.75, 3.05) is 0 Å². The molecule has 4 nitrogen and oxygen atoms in total. The van der Waals surface area contributed by atoms with E-state index in [4.69, 9.17) is 9.26 Å². The largest absolute Gasteiger partial charge is 0.481 e. The van der Waals surface area contributed by atoms with E-state index in [1.807, 2.05) is 16.8 Å². The van der Waals surface area contributed by atoms with E-state index < -0.39 is 5.82 Å². The summed E-state index contributed by atoms with van der Waals surface area (Å²) in [4.78, 5) is 4.18. The summed E-state index contributed by atoms with van der Waals surface area (Å²) < 4.78 is 23.7. The van der Waals surface area contributed by atoms with Crippen LogP contribution in [0.15, 0.2) is 45.6 Å². The van der Waals surface area contributed by atoms with E-state index >= 15 is 0 Å². The van der Waals surface area contributed by atoms with Crippen LogP contribution in [0.2, 0.25) is 0 Å². The topological polar surface area (TPSA) is 48.2 Å². The first kappa shape index (κ1) is 11.9. The molecule has 0 unspecified atom stereocenters. The first-order chi connectivity index (χ1) is 9.33. The van der Waals surface area contributed by atoms with Crippen molar-refractivity contribution >= 4 is 11.3 Å². The number of thiophene rings is 1. The molecule has 0 radical (unpaired) electrons. The lowest BCUT2D eigenvalue weighted by Gasteiger charge is -2.02. The molecule has 0 atom stereocenters. The Morgan fingerprint density at radius 1 is 1.26 bits per heavy atom. The molecule has 0 bridgehead atoms. The van der Waals surface area contributed by atoms with E-state index in [2.05, 4.69) is 10.1 Å². The number of aromatic nitrogens is 2. The molecular weight excluding hydrogens is 267 g/mol. The summed E-state index contributed by atoms with van der Waals surface area (Å²) in [5.74, 6) is 0.565.